The van der Waals surface area contributed by atoms with Crippen LogP contribution >= 0.6 is 24.0 Å². The van der Waals surface area contributed by atoms with Gasteiger partial charge in [0, 0.05) is 5.69 Å². The number of nitrogens with two attached hydrogens (primary N) is 1. The van der Waals surface area contributed by atoms with E-state index < -0.39 is 0 Å². The summed E-state index contributed by atoms with van der Waals surface area (Å²) in [6, 6.07) is 12.4. The number of benzene rings is 2. The van der Waals surface area contributed by atoms with E-state index in [1.54, 1.807) is 18.2 Å². The minimum atomic E-state index is -0.385. The summed E-state index contributed by atoms with van der Waals surface area (Å²) in [5, 5.41) is 3.05. The third-order valence-electron chi connectivity index (χ3n) is 3.18. The Morgan fingerprint density at radius 1 is 1.21 bits per heavy atom. The topological polar surface area (TPSA) is 59.6 Å². The number of hydrogen-bond donors (Lipinski definition) is 2. The van der Waals surface area contributed by atoms with Crippen LogP contribution < -0.4 is 15.8 Å². The number of aryl methyl sites for hydroxylation is 2. The first-order chi connectivity index (χ1) is 10.9. The molecule has 0 spiro atoms. The largest absolute Gasteiger partial charge is 0.486 e. The van der Waals surface area contributed by atoms with Crippen molar-refractivity contribution in [2.24, 2.45) is 10.7 Å². The first kappa shape index (κ1) is 20.2. The van der Waals surface area contributed by atoms with Crippen molar-refractivity contribution in [3.63, 3.8) is 0 Å². The van der Waals surface area contributed by atoms with Crippen molar-refractivity contribution in [3.05, 3.63) is 59.4 Å². The molecule has 0 saturated carbocycles. The molecule has 0 saturated heterocycles. The minimum absolute atomic E-state index is 0. The summed E-state index contributed by atoms with van der Waals surface area (Å²) in [4.78, 5) is 4.24. The lowest BCUT2D eigenvalue weighted by atomic mass is 10.1. The molecule has 2 aromatic rings. The van der Waals surface area contributed by atoms with Crippen molar-refractivity contribution in [1.82, 2.24) is 0 Å². The molecule has 0 heterocycles. The van der Waals surface area contributed by atoms with Crippen LogP contribution in [0.15, 0.2) is 47.5 Å². The second-order valence-corrected chi connectivity index (χ2v) is 5.59. The molecule has 4 nitrogen and oxygen atoms in total. The lowest BCUT2D eigenvalue weighted by Crippen LogP contribution is -2.25. The zero-order valence-corrected chi connectivity index (χ0v) is 16.4. The van der Waals surface area contributed by atoms with E-state index >= 15 is 0 Å². The summed E-state index contributed by atoms with van der Waals surface area (Å²) < 4.78 is 19.0. The molecule has 2 aromatic carbocycles. The van der Waals surface area contributed by atoms with Gasteiger partial charge in [0.1, 0.15) is 6.10 Å². The molecule has 0 bridgehead atoms. The van der Waals surface area contributed by atoms with Gasteiger partial charge >= 0.3 is 0 Å². The van der Waals surface area contributed by atoms with E-state index in [9.17, 15) is 4.39 Å². The summed E-state index contributed by atoms with van der Waals surface area (Å²) in [5.41, 5.74) is 9.08. The van der Waals surface area contributed by atoms with Crippen LogP contribution in [0.1, 0.15) is 18.1 Å². The van der Waals surface area contributed by atoms with E-state index in [-0.39, 0.29) is 41.6 Å². The highest BCUT2D eigenvalue weighted by atomic mass is 127. The quantitative estimate of drug-likeness (QED) is 0.413. The maximum absolute atomic E-state index is 13.5. The monoisotopic (exact) mass is 443 g/mol. The summed E-state index contributed by atoms with van der Waals surface area (Å²) in [6.07, 6.45) is -0.286. The predicted octanol–water partition coefficient (Wildman–Crippen LogP) is 4.25. The molecule has 1 atom stereocenters. The Bertz CT molecular complexity index is 686. The first-order valence-corrected chi connectivity index (χ1v) is 7.50. The van der Waals surface area contributed by atoms with Crippen LogP contribution in [0.4, 0.5) is 10.1 Å². The Hall–Kier alpha value is -1.83. The molecule has 130 valence electrons. The van der Waals surface area contributed by atoms with Gasteiger partial charge in [0.05, 0.1) is 6.54 Å². The van der Waals surface area contributed by atoms with Gasteiger partial charge < -0.3 is 15.8 Å². The lowest BCUT2D eigenvalue weighted by molar-refractivity contribution is 0.220. The number of aliphatic imine (C=N–C) groups is 1. The van der Waals surface area contributed by atoms with Gasteiger partial charge in [-0.1, -0.05) is 18.2 Å². The zero-order chi connectivity index (χ0) is 16.8. The molecule has 2 rings (SSSR count). The molecular formula is C18H23FIN3O. The Kier molecular flexibility index (Phi) is 7.97. The maximum Gasteiger partial charge on any atom is 0.193 e. The summed E-state index contributed by atoms with van der Waals surface area (Å²) >= 11 is 0. The average molecular weight is 443 g/mol. The van der Waals surface area contributed by atoms with E-state index in [1.807, 2.05) is 32.9 Å². The van der Waals surface area contributed by atoms with Gasteiger partial charge in [-0.3, -0.25) is 0 Å². The van der Waals surface area contributed by atoms with Crippen LogP contribution in [0.2, 0.25) is 0 Å². The van der Waals surface area contributed by atoms with Crippen LogP contribution in [-0.4, -0.2) is 18.6 Å². The summed E-state index contributed by atoms with van der Waals surface area (Å²) in [7, 11) is 0. The Morgan fingerprint density at radius 2 is 1.83 bits per heavy atom. The molecule has 0 amide bonds. The van der Waals surface area contributed by atoms with Gasteiger partial charge in [-0.2, -0.15) is 0 Å². The number of nitrogens with zero attached hydrogens (tertiary/aromatic N) is 1. The average Bonchev–Trinajstić information content (AvgIpc) is 2.46. The molecule has 0 radical (unpaired) electrons. The van der Waals surface area contributed by atoms with Gasteiger partial charge in [0.15, 0.2) is 17.5 Å². The molecule has 24 heavy (non-hydrogen) atoms. The van der Waals surface area contributed by atoms with E-state index in [0.717, 1.165) is 16.8 Å². The summed E-state index contributed by atoms with van der Waals surface area (Å²) in [6.45, 7) is 6.20. The van der Waals surface area contributed by atoms with Crippen LogP contribution in [-0.2, 0) is 0 Å². The third-order valence-corrected chi connectivity index (χ3v) is 3.18. The number of anilines is 1. The fraction of sp³-hybridized carbons (Fsp3) is 0.278. The molecule has 0 aromatic heterocycles. The Labute approximate surface area is 159 Å². The van der Waals surface area contributed by atoms with Gasteiger partial charge in [-0.15, -0.1) is 24.0 Å². The highest BCUT2D eigenvalue weighted by Crippen LogP contribution is 2.17. The van der Waals surface area contributed by atoms with Gasteiger partial charge in [0.2, 0.25) is 0 Å². The Morgan fingerprint density at radius 3 is 2.46 bits per heavy atom. The molecule has 1 unspecified atom stereocenters. The number of rotatable bonds is 5. The normalized spacial score (nSPS) is 12.2. The van der Waals surface area contributed by atoms with Gasteiger partial charge in [-0.25, -0.2) is 9.38 Å². The fourth-order valence-electron chi connectivity index (χ4n) is 2.26. The molecule has 0 aliphatic carbocycles. The molecule has 6 heteroatoms. The lowest BCUT2D eigenvalue weighted by Gasteiger charge is -2.14. The highest BCUT2D eigenvalue weighted by Gasteiger charge is 2.07. The second-order valence-electron chi connectivity index (χ2n) is 5.59. The van der Waals surface area contributed by atoms with E-state index in [2.05, 4.69) is 16.4 Å². The fourth-order valence-corrected chi connectivity index (χ4v) is 2.26. The van der Waals surface area contributed by atoms with Crippen molar-refractivity contribution in [1.29, 1.82) is 0 Å². The van der Waals surface area contributed by atoms with Gasteiger partial charge in [-0.05, 0) is 56.2 Å². The van der Waals surface area contributed by atoms with Crippen molar-refractivity contribution in [2.75, 3.05) is 11.9 Å². The number of nitrogens with one attached hydrogen (secondary N) is 1. The maximum atomic E-state index is 13.5. The summed E-state index contributed by atoms with van der Waals surface area (Å²) in [5.74, 6) is 0.139. The van der Waals surface area contributed by atoms with Crippen molar-refractivity contribution in [3.8, 4) is 5.75 Å². The van der Waals surface area contributed by atoms with Crippen LogP contribution in [0.3, 0.4) is 0 Å². The minimum Gasteiger partial charge on any atom is -0.486 e. The SMILES string of the molecule is Cc1cc(C)cc(NC(N)=NCC(C)Oc2ccccc2F)c1.I. The second kappa shape index (κ2) is 9.46. The van der Waals surface area contributed by atoms with Crippen molar-refractivity contribution >= 4 is 35.6 Å². The van der Waals surface area contributed by atoms with E-state index in [1.165, 1.54) is 6.07 Å². The molecule has 0 fully saturated rings. The predicted molar refractivity (Wildman–Crippen MR) is 108 cm³/mol. The number of ether oxygens (including phenoxy) is 1. The van der Waals surface area contributed by atoms with Crippen LogP contribution in [0.5, 0.6) is 5.75 Å². The van der Waals surface area contributed by atoms with E-state index in [4.69, 9.17) is 10.5 Å². The van der Waals surface area contributed by atoms with Crippen molar-refractivity contribution in [2.45, 2.75) is 26.9 Å². The smallest absolute Gasteiger partial charge is 0.193 e. The van der Waals surface area contributed by atoms with Crippen molar-refractivity contribution < 1.29 is 9.13 Å². The van der Waals surface area contributed by atoms with Crippen LogP contribution in [0, 0.1) is 19.7 Å². The molecule has 3 N–H and O–H groups in total. The highest BCUT2D eigenvalue weighted by molar-refractivity contribution is 14.0. The number of hydrogen-bond acceptors (Lipinski definition) is 2. The third kappa shape index (κ3) is 6.35. The first-order valence-electron chi connectivity index (χ1n) is 7.50. The Balaban J connectivity index is 0.00000288. The standard InChI is InChI=1S/C18H22FN3O.HI/c1-12-8-13(2)10-15(9-12)22-18(20)21-11-14(3)23-17-7-5-4-6-16(17)19;/h4-10,14H,11H2,1-3H3,(H3,20,21,22);1H. The molecule has 0 aliphatic rings. The van der Waals surface area contributed by atoms with E-state index in [0.29, 0.717) is 12.5 Å². The zero-order valence-electron chi connectivity index (χ0n) is 14.0. The number of guanidine groups is 1. The molecule has 0 aliphatic heterocycles. The van der Waals surface area contributed by atoms with Gasteiger partial charge in [0.25, 0.3) is 0 Å². The molecular weight excluding hydrogens is 420 g/mol. The number of halogens is 2. The number of para-hydroxylation sites is 1. The van der Waals surface area contributed by atoms with Crippen LogP contribution in [0.25, 0.3) is 0 Å².